The number of Topliss-reactive ketones (excluding diaryl/α,β-unsaturated/α-hetero) is 1. The number of H-pyrrole nitrogens is 1. The minimum Gasteiger partial charge on any atom is -0.451 e. The van der Waals surface area contributed by atoms with Crippen LogP contribution >= 0.6 is 0 Å². The quantitative estimate of drug-likeness (QED) is 0.570. The molecule has 1 aliphatic carbocycles. The monoisotopic (exact) mass is 396 g/mol. The minimum atomic E-state index is -3.11. The van der Waals surface area contributed by atoms with Crippen LogP contribution in [0.2, 0.25) is 0 Å². The highest BCUT2D eigenvalue weighted by Gasteiger charge is 2.42. The van der Waals surface area contributed by atoms with Crippen molar-refractivity contribution in [2.24, 2.45) is 0 Å². The Morgan fingerprint density at radius 2 is 1.81 bits per heavy atom. The van der Waals surface area contributed by atoms with Gasteiger partial charge < -0.3 is 14.6 Å². The van der Waals surface area contributed by atoms with Crippen LogP contribution in [0.3, 0.4) is 0 Å². The van der Waals surface area contributed by atoms with E-state index >= 15 is 0 Å². The van der Waals surface area contributed by atoms with Crippen LogP contribution in [0.1, 0.15) is 58.3 Å². The molecule has 8 nitrogen and oxygen atoms in total. The Bertz CT molecular complexity index is 897. The van der Waals surface area contributed by atoms with Crippen molar-refractivity contribution in [3.63, 3.8) is 0 Å². The minimum absolute atomic E-state index is 0.0277. The Morgan fingerprint density at radius 3 is 2.30 bits per heavy atom. The second-order valence-corrected chi connectivity index (χ2v) is 9.58. The maximum Gasteiger partial charge on any atom is 0.355 e. The van der Waals surface area contributed by atoms with E-state index in [-0.39, 0.29) is 41.0 Å². The molecule has 1 aliphatic heterocycles. The summed E-state index contributed by atoms with van der Waals surface area (Å²) in [7, 11) is -3.11. The second kappa shape index (κ2) is 7.10. The van der Waals surface area contributed by atoms with E-state index in [2.05, 4.69) is 4.98 Å². The first kappa shape index (κ1) is 19.6. The van der Waals surface area contributed by atoms with Crippen LogP contribution in [0, 0.1) is 13.8 Å². The van der Waals surface area contributed by atoms with Gasteiger partial charge in [-0.05, 0) is 45.6 Å². The lowest BCUT2D eigenvalue weighted by molar-refractivity contribution is -0.137. The van der Waals surface area contributed by atoms with Crippen molar-refractivity contribution in [1.29, 1.82) is 0 Å². The molecule has 0 spiro atoms. The highest BCUT2D eigenvalue weighted by atomic mass is 32.2. The molecule has 1 aromatic rings. The van der Waals surface area contributed by atoms with Crippen LogP contribution in [-0.2, 0) is 19.4 Å². The summed E-state index contributed by atoms with van der Waals surface area (Å²) >= 11 is 0. The fraction of sp³-hybridized carbons (Fsp3) is 0.611. The predicted octanol–water partition coefficient (Wildman–Crippen LogP) is 1.17. The average Bonchev–Trinajstić information content (AvgIpc) is 3.26. The molecular weight excluding hydrogens is 372 g/mol. The zero-order valence-electron chi connectivity index (χ0n) is 15.7. The number of nitrogens with zero attached hydrogens (tertiary/aromatic N) is 1. The van der Waals surface area contributed by atoms with E-state index in [1.54, 1.807) is 18.7 Å². The van der Waals surface area contributed by atoms with E-state index in [4.69, 9.17) is 4.74 Å². The van der Waals surface area contributed by atoms with Crippen molar-refractivity contribution in [2.75, 3.05) is 18.1 Å². The van der Waals surface area contributed by atoms with Crippen molar-refractivity contribution in [3.8, 4) is 0 Å². The topological polar surface area (TPSA) is 114 Å². The first-order valence-electron chi connectivity index (χ1n) is 8.99. The van der Waals surface area contributed by atoms with Gasteiger partial charge in [0.25, 0.3) is 5.91 Å². The number of rotatable bonds is 6. The fourth-order valence-electron chi connectivity index (χ4n) is 3.81. The van der Waals surface area contributed by atoms with Crippen molar-refractivity contribution >= 4 is 27.5 Å². The molecule has 27 heavy (non-hydrogen) atoms. The number of hydrogen-bond acceptors (Lipinski definition) is 6. The molecule has 0 radical (unpaired) electrons. The second-order valence-electron chi connectivity index (χ2n) is 7.35. The standard InChI is InChI=1S/C18H24N2O6S/c1-10-16(12(3)21)11(2)19-17(10)18(23)26-8-15(22)20(13-4-5-13)14-6-7-27(24,25)9-14/h13-14,19H,4-9H2,1-3H3/t14-/m0/s1. The first-order valence-corrected chi connectivity index (χ1v) is 10.8. The predicted molar refractivity (Wildman–Crippen MR) is 97.5 cm³/mol. The Hall–Kier alpha value is -2.16. The van der Waals surface area contributed by atoms with E-state index in [0.29, 0.717) is 23.2 Å². The molecule has 1 N–H and O–H groups in total. The van der Waals surface area contributed by atoms with Crippen molar-refractivity contribution in [3.05, 3.63) is 22.5 Å². The number of amides is 1. The van der Waals surface area contributed by atoms with Crippen molar-refractivity contribution in [2.45, 2.75) is 52.1 Å². The van der Waals surface area contributed by atoms with Gasteiger partial charge in [0.1, 0.15) is 5.69 Å². The van der Waals surface area contributed by atoms with E-state index in [0.717, 1.165) is 12.8 Å². The molecule has 0 aromatic carbocycles. The SMILES string of the molecule is CC(=O)c1c(C)[nH]c(C(=O)OCC(=O)N(C2CC2)[C@H]2CCS(=O)(=O)C2)c1C. The molecule has 2 aliphatic rings. The summed E-state index contributed by atoms with van der Waals surface area (Å²) < 4.78 is 28.6. The summed E-state index contributed by atoms with van der Waals surface area (Å²) in [6, 6.07) is -0.305. The van der Waals surface area contributed by atoms with Gasteiger partial charge in [0.2, 0.25) is 0 Å². The zero-order valence-corrected chi connectivity index (χ0v) is 16.5. The van der Waals surface area contributed by atoms with Gasteiger partial charge in [0.15, 0.2) is 22.2 Å². The molecule has 2 fully saturated rings. The first-order chi connectivity index (χ1) is 12.6. The zero-order chi connectivity index (χ0) is 19.9. The number of ketones is 1. The summed E-state index contributed by atoms with van der Waals surface area (Å²) in [5.41, 5.74) is 1.68. The van der Waals surface area contributed by atoms with Gasteiger partial charge in [0.05, 0.1) is 11.5 Å². The Labute approximate surface area is 158 Å². The number of hydrogen-bond donors (Lipinski definition) is 1. The number of sulfone groups is 1. The third-order valence-electron chi connectivity index (χ3n) is 5.15. The number of aromatic nitrogens is 1. The molecular formula is C18H24N2O6S. The van der Waals surface area contributed by atoms with Gasteiger partial charge in [-0.15, -0.1) is 0 Å². The molecule has 3 rings (SSSR count). The number of esters is 1. The van der Waals surface area contributed by atoms with E-state index in [1.165, 1.54) is 6.92 Å². The van der Waals surface area contributed by atoms with Crippen molar-refractivity contribution in [1.82, 2.24) is 9.88 Å². The molecule has 0 bridgehead atoms. The van der Waals surface area contributed by atoms with Gasteiger partial charge in [-0.1, -0.05) is 0 Å². The van der Waals surface area contributed by atoms with Crippen LogP contribution in [0.25, 0.3) is 0 Å². The smallest absolute Gasteiger partial charge is 0.355 e. The third kappa shape index (κ3) is 4.07. The number of aryl methyl sites for hydroxylation is 1. The van der Waals surface area contributed by atoms with Crippen LogP contribution in [-0.4, -0.2) is 66.2 Å². The maximum absolute atomic E-state index is 12.6. The van der Waals surface area contributed by atoms with Gasteiger partial charge in [-0.3, -0.25) is 9.59 Å². The molecule has 1 amide bonds. The lowest BCUT2D eigenvalue weighted by atomic mass is 10.1. The van der Waals surface area contributed by atoms with Gasteiger partial charge in [0, 0.05) is 23.3 Å². The highest BCUT2D eigenvalue weighted by molar-refractivity contribution is 7.91. The lowest BCUT2D eigenvalue weighted by Gasteiger charge is -2.28. The van der Waals surface area contributed by atoms with Gasteiger partial charge in [-0.2, -0.15) is 0 Å². The molecule has 1 saturated carbocycles. The largest absolute Gasteiger partial charge is 0.451 e. The van der Waals surface area contributed by atoms with Crippen LogP contribution < -0.4 is 0 Å². The third-order valence-corrected chi connectivity index (χ3v) is 6.90. The Kier molecular flexibility index (Phi) is 5.16. The number of carbonyl (C=O) groups is 3. The van der Waals surface area contributed by atoms with Crippen molar-refractivity contribution < 1.29 is 27.5 Å². The van der Waals surface area contributed by atoms with Crippen LogP contribution in [0.5, 0.6) is 0 Å². The van der Waals surface area contributed by atoms with E-state index in [1.807, 2.05) is 0 Å². The molecule has 1 saturated heterocycles. The fourth-order valence-corrected chi connectivity index (χ4v) is 5.52. The van der Waals surface area contributed by atoms with Gasteiger partial charge in [-0.25, -0.2) is 13.2 Å². The summed E-state index contributed by atoms with van der Waals surface area (Å²) in [5, 5.41) is 0. The molecule has 9 heteroatoms. The number of aromatic amines is 1. The molecule has 148 valence electrons. The van der Waals surface area contributed by atoms with Crippen LogP contribution in [0.15, 0.2) is 0 Å². The number of nitrogens with one attached hydrogen (secondary N) is 1. The number of ether oxygens (including phenoxy) is 1. The Morgan fingerprint density at radius 1 is 1.15 bits per heavy atom. The maximum atomic E-state index is 12.6. The highest BCUT2D eigenvalue weighted by Crippen LogP contribution is 2.32. The normalized spacial score (nSPS) is 21.1. The summed E-state index contributed by atoms with van der Waals surface area (Å²) in [6.07, 6.45) is 2.11. The van der Waals surface area contributed by atoms with E-state index in [9.17, 15) is 22.8 Å². The van der Waals surface area contributed by atoms with E-state index < -0.39 is 22.4 Å². The summed E-state index contributed by atoms with van der Waals surface area (Å²) in [4.78, 5) is 41.1. The molecule has 0 unspecified atom stereocenters. The molecule has 2 heterocycles. The molecule has 1 atom stereocenters. The molecule has 1 aromatic heterocycles. The summed E-state index contributed by atoms with van der Waals surface area (Å²) in [5.74, 6) is -1.17. The lowest BCUT2D eigenvalue weighted by Crippen LogP contribution is -2.44. The number of carbonyl (C=O) groups excluding carboxylic acids is 3. The average molecular weight is 396 g/mol. The van der Waals surface area contributed by atoms with Gasteiger partial charge >= 0.3 is 5.97 Å². The van der Waals surface area contributed by atoms with Crippen LogP contribution in [0.4, 0.5) is 0 Å². The summed E-state index contributed by atoms with van der Waals surface area (Å²) in [6.45, 7) is 4.32. The Balaban J connectivity index is 1.67.